The molecule has 236 valence electrons. The largest absolute Gasteiger partial charge is 0.492 e. The van der Waals surface area contributed by atoms with Gasteiger partial charge in [-0.05, 0) is 58.7 Å². The van der Waals surface area contributed by atoms with Crippen molar-refractivity contribution in [3.8, 4) is 17.2 Å². The van der Waals surface area contributed by atoms with Gasteiger partial charge in [0.1, 0.15) is 25.6 Å². The summed E-state index contributed by atoms with van der Waals surface area (Å²) < 4.78 is 18.2. The van der Waals surface area contributed by atoms with Crippen LogP contribution in [0.25, 0.3) is 0 Å². The molecule has 5 rings (SSSR count). The third-order valence-electron chi connectivity index (χ3n) is 7.42. The Kier molecular flexibility index (Phi) is 11.8. The van der Waals surface area contributed by atoms with Gasteiger partial charge in [0.05, 0.1) is 12.6 Å². The molecule has 5 aromatic rings. The first-order chi connectivity index (χ1) is 22.5. The average Bonchev–Trinajstić information content (AvgIpc) is 3.10. The number of nitrogens with one attached hydrogen (secondary N) is 1. The highest BCUT2D eigenvalue weighted by molar-refractivity contribution is 5.91. The van der Waals surface area contributed by atoms with Crippen molar-refractivity contribution in [3.05, 3.63) is 156 Å². The maximum absolute atomic E-state index is 12.3. The predicted octanol–water partition coefficient (Wildman–Crippen LogP) is 7.10. The summed E-state index contributed by atoms with van der Waals surface area (Å²) in [5.41, 5.74) is 4.71. The van der Waals surface area contributed by atoms with E-state index in [1.165, 1.54) is 0 Å². The monoisotopic (exact) mass is 616 g/mol. The van der Waals surface area contributed by atoms with Crippen LogP contribution in [-0.4, -0.2) is 30.7 Å². The van der Waals surface area contributed by atoms with Crippen molar-refractivity contribution in [3.63, 3.8) is 0 Å². The summed E-state index contributed by atoms with van der Waals surface area (Å²) in [6.45, 7) is 4.19. The van der Waals surface area contributed by atoms with Gasteiger partial charge in [0.25, 0.3) is 0 Å². The van der Waals surface area contributed by atoms with Crippen molar-refractivity contribution in [2.75, 3.05) is 24.6 Å². The van der Waals surface area contributed by atoms with E-state index in [0.717, 1.165) is 27.9 Å². The van der Waals surface area contributed by atoms with Crippen molar-refractivity contribution in [1.82, 2.24) is 5.32 Å². The molecule has 0 fully saturated rings. The van der Waals surface area contributed by atoms with E-state index >= 15 is 0 Å². The second-order valence-electron chi connectivity index (χ2n) is 10.9. The molecule has 0 bridgehead atoms. The van der Waals surface area contributed by atoms with E-state index in [4.69, 9.17) is 14.2 Å². The van der Waals surface area contributed by atoms with E-state index in [-0.39, 0.29) is 5.91 Å². The Morgan fingerprint density at radius 3 is 1.85 bits per heavy atom. The third kappa shape index (κ3) is 9.69. The number of rotatable bonds is 16. The fraction of sp³-hybridized carbons (Fsp3) is 0.205. The van der Waals surface area contributed by atoms with Crippen LogP contribution in [-0.2, 0) is 24.6 Å². The fourth-order valence-corrected chi connectivity index (χ4v) is 4.91. The lowest BCUT2D eigenvalue weighted by molar-refractivity contribution is -0.116. The van der Waals surface area contributed by atoms with Crippen LogP contribution in [0.3, 0.4) is 0 Å². The van der Waals surface area contributed by atoms with E-state index in [9.17, 15) is 9.90 Å². The van der Waals surface area contributed by atoms with Gasteiger partial charge in [-0.1, -0.05) is 97.1 Å². The lowest BCUT2D eigenvalue weighted by Crippen LogP contribution is -2.27. The Labute approximate surface area is 271 Å². The molecule has 7 heteroatoms. The van der Waals surface area contributed by atoms with Gasteiger partial charge >= 0.3 is 0 Å². The second-order valence-corrected chi connectivity index (χ2v) is 10.9. The zero-order chi connectivity index (χ0) is 32.0. The lowest BCUT2D eigenvalue weighted by atomic mass is 10.1. The molecular formula is C39H40N2O5. The molecule has 1 atom stereocenters. The molecule has 1 unspecified atom stereocenters. The van der Waals surface area contributed by atoms with Crippen LogP contribution < -0.4 is 24.4 Å². The first-order valence-electron chi connectivity index (χ1n) is 15.5. The number of hydrogen-bond acceptors (Lipinski definition) is 6. The molecule has 0 heterocycles. The van der Waals surface area contributed by atoms with E-state index < -0.39 is 6.10 Å². The van der Waals surface area contributed by atoms with Crippen LogP contribution in [0.5, 0.6) is 17.2 Å². The number of aliphatic hydroxyl groups excluding tert-OH is 1. The number of nitrogens with zero attached hydrogens (tertiary/aromatic N) is 1. The van der Waals surface area contributed by atoms with Crippen molar-refractivity contribution >= 4 is 11.6 Å². The summed E-state index contributed by atoms with van der Waals surface area (Å²) in [6.07, 6.45) is -0.747. The van der Waals surface area contributed by atoms with Gasteiger partial charge in [0.15, 0.2) is 11.5 Å². The number of anilines is 1. The first kappa shape index (κ1) is 32.3. The second kappa shape index (κ2) is 16.8. The average molecular weight is 617 g/mol. The lowest BCUT2D eigenvalue weighted by Gasteiger charge is -2.21. The number of carbonyl (C=O) groups is 1. The highest BCUT2D eigenvalue weighted by atomic mass is 16.5. The Morgan fingerprint density at radius 2 is 1.26 bits per heavy atom. The highest BCUT2D eigenvalue weighted by Crippen LogP contribution is 2.32. The quantitative estimate of drug-likeness (QED) is 0.115. The molecule has 1 amide bonds. The van der Waals surface area contributed by atoms with E-state index in [1.807, 2.05) is 133 Å². The molecular weight excluding hydrogens is 576 g/mol. The minimum atomic E-state index is -0.747. The predicted molar refractivity (Wildman–Crippen MR) is 181 cm³/mol. The highest BCUT2D eigenvalue weighted by Gasteiger charge is 2.14. The minimum Gasteiger partial charge on any atom is -0.492 e. The van der Waals surface area contributed by atoms with Gasteiger partial charge < -0.3 is 29.5 Å². The molecule has 0 aromatic heterocycles. The van der Waals surface area contributed by atoms with Gasteiger partial charge in [0, 0.05) is 25.7 Å². The summed E-state index contributed by atoms with van der Waals surface area (Å²) in [7, 11) is 0. The normalized spacial score (nSPS) is 11.4. The summed E-state index contributed by atoms with van der Waals surface area (Å²) >= 11 is 0. The van der Waals surface area contributed by atoms with Crippen LogP contribution in [0.4, 0.5) is 5.69 Å². The maximum Gasteiger partial charge on any atom is 0.224 e. The molecule has 0 aliphatic heterocycles. The van der Waals surface area contributed by atoms with Gasteiger partial charge in [-0.25, -0.2) is 0 Å². The number of amides is 1. The Hall–Kier alpha value is -5.11. The molecule has 0 saturated carbocycles. The molecule has 2 N–H and O–H groups in total. The number of carbonyl (C=O) groups excluding carboxylic acids is 1. The molecule has 0 saturated heterocycles. The zero-order valence-electron chi connectivity index (χ0n) is 26.0. The van der Waals surface area contributed by atoms with E-state index in [2.05, 4.69) is 5.32 Å². The van der Waals surface area contributed by atoms with Crippen LogP contribution in [0.1, 0.15) is 35.3 Å². The summed E-state index contributed by atoms with van der Waals surface area (Å²) in [4.78, 5) is 14.0. The van der Waals surface area contributed by atoms with E-state index in [0.29, 0.717) is 56.7 Å². The topological polar surface area (TPSA) is 80.3 Å². The Balaban J connectivity index is 1.11. The molecule has 5 aromatic carbocycles. The summed E-state index contributed by atoms with van der Waals surface area (Å²) in [5.74, 6) is 1.88. The summed E-state index contributed by atoms with van der Waals surface area (Å²) in [5, 5.41) is 14.2. The maximum atomic E-state index is 12.3. The van der Waals surface area contributed by atoms with Crippen molar-refractivity contribution in [2.24, 2.45) is 0 Å². The van der Waals surface area contributed by atoms with Gasteiger partial charge in [0.2, 0.25) is 5.91 Å². The van der Waals surface area contributed by atoms with Crippen LogP contribution in [0, 0.1) is 0 Å². The van der Waals surface area contributed by atoms with E-state index in [1.54, 1.807) is 11.8 Å². The standard InChI is InChI=1S/C39H40N2O5/c1-30(42)41(27-31-11-5-2-6-12-31)35-18-20-36(21-19-35)44-24-23-40-26-37(43)34-17-22-38(45-28-32-13-7-3-8-14-32)39(25-34)46-29-33-15-9-4-10-16-33/h2-22,25,37,40,43H,23-24,26-29H2,1H3. The van der Waals surface area contributed by atoms with Gasteiger partial charge in [-0.2, -0.15) is 0 Å². The molecule has 0 aliphatic rings. The number of hydrogen-bond donors (Lipinski definition) is 2. The van der Waals surface area contributed by atoms with Gasteiger partial charge in [-0.3, -0.25) is 4.79 Å². The molecule has 0 aliphatic carbocycles. The van der Waals surface area contributed by atoms with Crippen molar-refractivity contribution < 1.29 is 24.1 Å². The van der Waals surface area contributed by atoms with Crippen LogP contribution in [0.2, 0.25) is 0 Å². The van der Waals surface area contributed by atoms with Crippen molar-refractivity contribution in [2.45, 2.75) is 32.8 Å². The third-order valence-corrected chi connectivity index (χ3v) is 7.42. The Bertz CT molecular complexity index is 1630. The van der Waals surface area contributed by atoms with Crippen molar-refractivity contribution in [1.29, 1.82) is 0 Å². The minimum absolute atomic E-state index is 0.0236. The van der Waals surface area contributed by atoms with Crippen LogP contribution in [0.15, 0.2) is 133 Å². The smallest absolute Gasteiger partial charge is 0.224 e. The SMILES string of the molecule is CC(=O)N(Cc1ccccc1)c1ccc(OCCNCC(O)c2ccc(OCc3ccccc3)c(OCc3ccccc3)c2)cc1. The molecule has 0 spiro atoms. The van der Waals surface area contributed by atoms with Crippen LogP contribution >= 0.6 is 0 Å². The number of benzene rings is 5. The Morgan fingerprint density at radius 1 is 0.696 bits per heavy atom. The molecule has 0 radical (unpaired) electrons. The number of ether oxygens (including phenoxy) is 3. The van der Waals surface area contributed by atoms with Gasteiger partial charge in [-0.15, -0.1) is 0 Å². The first-order valence-corrected chi connectivity index (χ1v) is 15.5. The zero-order valence-corrected chi connectivity index (χ0v) is 26.0. The molecule has 46 heavy (non-hydrogen) atoms. The fourth-order valence-electron chi connectivity index (χ4n) is 4.91. The summed E-state index contributed by atoms with van der Waals surface area (Å²) in [6, 6.07) is 42.9. The molecule has 7 nitrogen and oxygen atoms in total. The number of aliphatic hydroxyl groups is 1.